The zero-order chi connectivity index (χ0) is 12.9. The van der Waals surface area contributed by atoms with E-state index in [4.69, 9.17) is 10.8 Å². The molecule has 1 aliphatic carbocycles. The minimum atomic E-state index is -1.16. The molecule has 4 N–H and O–H groups in total. The molecule has 1 unspecified atom stereocenters. The van der Waals surface area contributed by atoms with Gasteiger partial charge in [-0.15, -0.1) is 0 Å². The molecular weight excluding hydrogens is 241 g/mol. The van der Waals surface area contributed by atoms with E-state index in [0.29, 0.717) is 6.42 Å². The molecule has 2 aromatic rings. The summed E-state index contributed by atoms with van der Waals surface area (Å²) >= 11 is 0. The number of aromatic nitrogens is 4. The first kappa shape index (κ1) is 11.1. The number of anilines is 1. The Labute approximate surface area is 100 Å². The Bertz CT molecular complexity index is 651. The summed E-state index contributed by atoms with van der Waals surface area (Å²) in [4.78, 5) is 21.8. The van der Waals surface area contributed by atoms with E-state index in [1.165, 1.54) is 10.9 Å². The number of nitrogens with zero attached hydrogens (tertiary/aromatic N) is 3. The lowest BCUT2D eigenvalue weighted by atomic mass is 9.78. The highest BCUT2D eigenvalue weighted by Crippen LogP contribution is 2.41. The molecule has 0 amide bonds. The van der Waals surface area contributed by atoms with E-state index < -0.39 is 17.8 Å². The fourth-order valence-electron chi connectivity index (χ4n) is 2.32. The van der Waals surface area contributed by atoms with Crippen LogP contribution >= 0.6 is 0 Å². The molecule has 0 saturated heterocycles. The Morgan fingerprint density at radius 1 is 1.67 bits per heavy atom. The summed E-state index contributed by atoms with van der Waals surface area (Å²) in [5.74, 6) is -0.380. The van der Waals surface area contributed by atoms with Gasteiger partial charge in [0.05, 0.1) is 12.4 Å². The number of H-pyrrole nitrogens is 1. The van der Waals surface area contributed by atoms with Gasteiger partial charge in [-0.3, -0.25) is 9.78 Å². The van der Waals surface area contributed by atoms with Crippen LogP contribution in [0.2, 0.25) is 0 Å². The maximum absolute atomic E-state index is 13.8. The van der Waals surface area contributed by atoms with E-state index in [9.17, 15) is 9.18 Å². The number of fused-ring (bicyclic) bond motifs is 1. The predicted octanol–water partition coefficient (Wildman–Crippen LogP) is -0.407. The van der Waals surface area contributed by atoms with Crippen LogP contribution in [-0.2, 0) is 0 Å². The third kappa shape index (κ3) is 1.42. The van der Waals surface area contributed by atoms with Crippen molar-refractivity contribution in [3.8, 4) is 0 Å². The van der Waals surface area contributed by atoms with Crippen LogP contribution in [0.5, 0.6) is 0 Å². The maximum atomic E-state index is 13.8. The second-order valence-electron chi connectivity index (χ2n) is 4.47. The number of aliphatic hydroxyl groups excluding tert-OH is 1. The minimum absolute atomic E-state index is 0.0253. The minimum Gasteiger partial charge on any atom is -0.396 e. The molecular formula is C10H12FN5O2. The van der Waals surface area contributed by atoms with Gasteiger partial charge in [0, 0.05) is 12.5 Å². The number of halogens is 1. The van der Waals surface area contributed by atoms with Crippen LogP contribution in [0, 0.1) is 5.92 Å². The fraction of sp³-hybridized carbons (Fsp3) is 0.500. The first-order chi connectivity index (χ1) is 8.61. The standard InChI is InChI=1S/C10H12FN5O2/c11-6-4(2-17)1-5(6)16-3-13-7-8(16)14-10(12)15-9(7)18/h3-6,17H,1-2H2,(H3,12,14,15,18)/t4-,5-,6?/m1/s1. The number of aliphatic hydroxyl groups is 1. The molecule has 7 nitrogen and oxygen atoms in total. The van der Waals surface area contributed by atoms with Crippen molar-refractivity contribution in [3.63, 3.8) is 0 Å². The van der Waals surface area contributed by atoms with Crippen molar-refractivity contribution in [1.29, 1.82) is 0 Å². The zero-order valence-electron chi connectivity index (χ0n) is 9.38. The molecule has 2 heterocycles. The molecule has 1 fully saturated rings. The third-order valence-corrected chi connectivity index (χ3v) is 3.40. The van der Waals surface area contributed by atoms with Gasteiger partial charge >= 0.3 is 0 Å². The lowest BCUT2D eigenvalue weighted by molar-refractivity contribution is 0.00326. The van der Waals surface area contributed by atoms with Gasteiger partial charge in [-0.25, -0.2) is 9.37 Å². The SMILES string of the molecule is Nc1nc2c(ncn2[C@@H]2C[C@H](CO)C2F)c(=O)[nH]1. The highest BCUT2D eigenvalue weighted by molar-refractivity contribution is 5.70. The number of nitrogen functional groups attached to an aromatic ring is 1. The fourth-order valence-corrected chi connectivity index (χ4v) is 2.32. The largest absolute Gasteiger partial charge is 0.396 e. The molecule has 3 rings (SSSR count). The number of hydrogen-bond acceptors (Lipinski definition) is 5. The Morgan fingerprint density at radius 3 is 3.11 bits per heavy atom. The lowest BCUT2D eigenvalue weighted by Gasteiger charge is -2.39. The molecule has 1 saturated carbocycles. The van der Waals surface area contributed by atoms with E-state index in [-0.39, 0.29) is 29.6 Å². The van der Waals surface area contributed by atoms with Gasteiger partial charge in [-0.05, 0) is 6.42 Å². The molecule has 2 aromatic heterocycles. The first-order valence-corrected chi connectivity index (χ1v) is 5.59. The normalized spacial score (nSPS) is 27.3. The number of hydrogen-bond donors (Lipinski definition) is 3. The van der Waals surface area contributed by atoms with Gasteiger partial charge in [-0.2, -0.15) is 4.98 Å². The number of nitrogens with one attached hydrogen (secondary N) is 1. The Kier molecular flexibility index (Phi) is 2.34. The third-order valence-electron chi connectivity index (χ3n) is 3.40. The van der Waals surface area contributed by atoms with Crippen molar-refractivity contribution in [1.82, 2.24) is 19.5 Å². The van der Waals surface area contributed by atoms with Gasteiger partial charge in [0.2, 0.25) is 5.95 Å². The quantitative estimate of drug-likeness (QED) is 0.674. The first-order valence-electron chi connectivity index (χ1n) is 5.59. The molecule has 96 valence electrons. The second kappa shape index (κ2) is 3.77. The van der Waals surface area contributed by atoms with Gasteiger partial charge in [-0.1, -0.05) is 0 Å². The summed E-state index contributed by atoms with van der Waals surface area (Å²) in [7, 11) is 0. The monoisotopic (exact) mass is 253 g/mol. The molecule has 8 heteroatoms. The van der Waals surface area contributed by atoms with Crippen LogP contribution in [0.3, 0.4) is 0 Å². The van der Waals surface area contributed by atoms with Crippen molar-refractivity contribution in [2.24, 2.45) is 5.92 Å². The van der Waals surface area contributed by atoms with Crippen LogP contribution in [0.25, 0.3) is 11.2 Å². The summed E-state index contributed by atoms with van der Waals surface area (Å²) in [5, 5.41) is 8.92. The number of rotatable bonds is 2. The van der Waals surface area contributed by atoms with E-state index in [0.717, 1.165) is 0 Å². The maximum Gasteiger partial charge on any atom is 0.280 e. The van der Waals surface area contributed by atoms with Crippen molar-refractivity contribution in [3.05, 3.63) is 16.7 Å². The highest BCUT2D eigenvalue weighted by Gasteiger charge is 2.43. The molecule has 0 aliphatic heterocycles. The number of aromatic amines is 1. The number of alkyl halides is 1. The molecule has 0 radical (unpaired) electrons. The molecule has 3 atom stereocenters. The summed E-state index contributed by atoms with van der Waals surface area (Å²) in [6.07, 6.45) is 0.726. The average molecular weight is 253 g/mol. The van der Waals surface area contributed by atoms with Crippen molar-refractivity contribution in [2.75, 3.05) is 12.3 Å². The number of imidazole rings is 1. The summed E-state index contributed by atoms with van der Waals surface area (Å²) in [6, 6.07) is -0.444. The highest BCUT2D eigenvalue weighted by atomic mass is 19.1. The van der Waals surface area contributed by atoms with Gasteiger partial charge < -0.3 is 15.4 Å². The molecule has 1 aliphatic rings. The number of nitrogens with two attached hydrogens (primary N) is 1. The van der Waals surface area contributed by atoms with Crippen LogP contribution in [-0.4, -0.2) is 37.4 Å². The topological polar surface area (TPSA) is 110 Å². The zero-order valence-corrected chi connectivity index (χ0v) is 9.38. The van der Waals surface area contributed by atoms with E-state index in [1.807, 2.05) is 0 Å². The second-order valence-corrected chi connectivity index (χ2v) is 4.47. The average Bonchev–Trinajstić information content (AvgIpc) is 2.72. The van der Waals surface area contributed by atoms with Crippen LogP contribution in [0.1, 0.15) is 12.5 Å². The summed E-state index contributed by atoms with van der Waals surface area (Å²) in [5.41, 5.74) is 5.44. The van der Waals surface area contributed by atoms with Gasteiger partial charge in [0.25, 0.3) is 5.56 Å². The van der Waals surface area contributed by atoms with Crippen LogP contribution in [0.15, 0.2) is 11.1 Å². The van der Waals surface area contributed by atoms with Crippen molar-refractivity contribution in [2.45, 2.75) is 18.6 Å². The molecule has 0 bridgehead atoms. The smallest absolute Gasteiger partial charge is 0.280 e. The van der Waals surface area contributed by atoms with Gasteiger partial charge in [0.15, 0.2) is 11.2 Å². The summed E-state index contributed by atoms with van der Waals surface area (Å²) in [6.45, 7) is -0.180. The van der Waals surface area contributed by atoms with E-state index >= 15 is 0 Å². The Hall–Kier alpha value is -1.96. The predicted molar refractivity (Wildman–Crippen MR) is 61.7 cm³/mol. The van der Waals surface area contributed by atoms with E-state index in [2.05, 4.69) is 15.0 Å². The van der Waals surface area contributed by atoms with Crippen molar-refractivity contribution < 1.29 is 9.50 Å². The lowest BCUT2D eigenvalue weighted by Crippen LogP contribution is -2.42. The Morgan fingerprint density at radius 2 is 2.44 bits per heavy atom. The van der Waals surface area contributed by atoms with Crippen LogP contribution in [0.4, 0.5) is 10.3 Å². The molecule has 0 aromatic carbocycles. The van der Waals surface area contributed by atoms with Crippen molar-refractivity contribution >= 4 is 17.1 Å². The molecule has 18 heavy (non-hydrogen) atoms. The van der Waals surface area contributed by atoms with E-state index in [1.54, 1.807) is 0 Å². The molecule has 0 spiro atoms. The van der Waals surface area contributed by atoms with Crippen LogP contribution < -0.4 is 11.3 Å². The summed E-state index contributed by atoms with van der Waals surface area (Å²) < 4.78 is 15.3. The Balaban J connectivity index is 2.06. The van der Waals surface area contributed by atoms with Gasteiger partial charge in [0.1, 0.15) is 6.17 Å².